The minimum atomic E-state index is -0.103. The number of hydrogen-bond acceptors (Lipinski definition) is 4. The third-order valence-electron chi connectivity index (χ3n) is 9.04. The maximum absolute atomic E-state index is 12.2. The predicted molar refractivity (Wildman–Crippen MR) is 134 cm³/mol. The first-order chi connectivity index (χ1) is 16.2. The van der Waals surface area contributed by atoms with Crippen LogP contribution in [0.3, 0.4) is 0 Å². The summed E-state index contributed by atoms with van der Waals surface area (Å²) in [5.74, 6) is 0.882. The molecule has 2 saturated heterocycles. The molecule has 0 radical (unpaired) electrons. The topological polar surface area (TPSA) is 32.8 Å². The Morgan fingerprint density at radius 3 is 2.52 bits per heavy atom. The fraction of sp³-hybridized carbons (Fsp3) is 0.759. The molecule has 0 aromatic rings. The first kappa shape index (κ1) is 23.4. The number of allylic oxidation sites excluding steroid dienone is 4. The highest BCUT2D eigenvalue weighted by molar-refractivity contribution is 5.66. The molecular formula is C29H44N2O2. The van der Waals surface area contributed by atoms with Gasteiger partial charge in [-0.15, -0.1) is 0 Å². The van der Waals surface area contributed by atoms with Crippen LogP contribution >= 0.6 is 0 Å². The molecule has 33 heavy (non-hydrogen) atoms. The first-order valence-electron chi connectivity index (χ1n) is 13.8. The van der Waals surface area contributed by atoms with E-state index in [9.17, 15) is 4.79 Å². The Morgan fingerprint density at radius 2 is 1.70 bits per heavy atom. The Balaban J connectivity index is 1.57. The van der Waals surface area contributed by atoms with E-state index >= 15 is 0 Å². The van der Waals surface area contributed by atoms with Crippen LogP contribution in [0.5, 0.6) is 0 Å². The Bertz CT molecular complexity index is 786. The van der Waals surface area contributed by atoms with Gasteiger partial charge < -0.3 is 4.74 Å². The highest BCUT2D eigenvalue weighted by atomic mass is 16.5. The van der Waals surface area contributed by atoms with Gasteiger partial charge in [-0.25, -0.2) is 0 Å². The van der Waals surface area contributed by atoms with E-state index in [1.807, 2.05) is 0 Å². The van der Waals surface area contributed by atoms with Gasteiger partial charge in [-0.05, 0) is 89.6 Å². The zero-order valence-electron chi connectivity index (χ0n) is 20.7. The summed E-state index contributed by atoms with van der Waals surface area (Å²) >= 11 is 0. The van der Waals surface area contributed by atoms with Crippen molar-refractivity contribution in [3.05, 3.63) is 36.0 Å². The molecule has 1 spiro atoms. The summed E-state index contributed by atoms with van der Waals surface area (Å²) in [5.41, 5.74) is 1.91. The van der Waals surface area contributed by atoms with Gasteiger partial charge in [0.05, 0.1) is 0 Å². The number of ether oxygens (including phenoxy) is 1. The van der Waals surface area contributed by atoms with E-state index in [0.717, 1.165) is 32.5 Å². The number of rotatable bonds is 1. The average Bonchev–Trinajstić information content (AvgIpc) is 2.81. The van der Waals surface area contributed by atoms with Crippen LogP contribution in [0.4, 0.5) is 0 Å². The largest absolute Gasteiger partial charge is 0.461 e. The summed E-state index contributed by atoms with van der Waals surface area (Å²) in [6.07, 6.45) is 26.0. The highest BCUT2D eigenvalue weighted by Gasteiger charge is 2.62. The maximum atomic E-state index is 12.2. The molecule has 0 aromatic heterocycles. The Hall–Kier alpha value is -1.39. The van der Waals surface area contributed by atoms with Crippen molar-refractivity contribution in [2.75, 3.05) is 32.7 Å². The van der Waals surface area contributed by atoms with Crippen molar-refractivity contribution in [3.63, 3.8) is 0 Å². The Labute approximate surface area is 201 Å². The number of carbonyl (C=O) groups excluding carboxylic acids is 1. The van der Waals surface area contributed by atoms with Crippen molar-refractivity contribution in [1.29, 1.82) is 0 Å². The van der Waals surface area contributed by atoms with E-state index in [0.29, 0.717) is 17.9 Å². The molecule has 7 atom stereocenters. The quantitative estimate of drug-likeness (QED) is 0.388. The van der Waals surface area contributed by atoms with E-state index < -0.39 is 0 Å². The zero-order chi connectivity index (χ0) is 22.7. The lowest BCUT2D eigenvalue weighted by Crippen LogP contribution is -2.72. The van der Waals surface area contributed by atoms with Gasteiger partial charge in [0, 0.05) is 43.9 Å². The second kappa shape index (κ2) is 10.5. The molecule has 5 heterocycles. The van der Waals surface area contributed by atoms with E-state index in [1.54, 1.807) is 12.5 Å². The fourth-order valence-electron chi connectivity index (χ4n) is 8.02. The van der Waals surface area contributed by atoms with E-state index in [2.05, 4.69) is 40.2 Å². The molecule has 4 nitrogen and oxygen atoms in total. The molecule has 2 fully saturated rings. The van der Waals surface area contributed by atoms with Crippen LogP contribution in [-0.4, -0.2) is 60.6 Å². The molecule has 1 aliphatic carbocycles. The van der Waals surface area contributed by atoms with Crippen molar-refractivity contribution in [2.24, 2.45) is 17.3 Å². The summed E-state index contributed by atoms with van der Waals surface area (Å²) in [4.78, 5) is 17.8. The van der Waals surface area contributed by atoms with Gasteiger partial charge in [0.15, 0.2) is 0 Å². The molecule has 5 aliphatic heterocycles. The van der Waals surface area contributed by atoms with Crippen molar-refractivity contribution in [1.82, 2.24) is 9.80 Å². The highest BCUT2D eigenvalue weighted by Crippen LogP contribution is 2.58. The normalized spacial score (nSPS) is 43.5. The smallest absolute Gasteiger partial charge is 0.302 e. The number of carbonyl (C=O) groups is 1. The molecule has 4 heteroatoms. The van der Waals surface area contributed by atoms with Crippen LogP contribution in [0, 0.1) is 17.3 Å². The number of esters is 1. The number of piperidine rings is 2. The van der Waals surface area contributed by atoms with Gasteiger partial charge in [0.25, 0.3) is 0 Å². The Kier molecular flexibility index (Phi) is 7.42. The molecule has 6 bridgehead atoms. The van der Waals surface area contributed by atoms with Crippen molar-refractivity contribution >= 4 is 5.97 Å². The van der Waals surface area contributed by atoms with Gasteiger partial charge in [-0.3, -0.25) is 14.6 Å². The van der Waals surface area contributed by atoms with E-state index in [-0.39, 0.29) is 17.5 Å². The summed E-state index contributed by atoms with van der Waals surface area (Å²) in [5, 5.41) is 0. The third-order valence-corrected chi connectivity index (χ3v) is 9.04. The van der Waals surface area contributed by atoms with E-state index in [1.165, 1.54) is 70.9 Å². The van der Waals surface area contributed by atoms with Crippen LogP contribution in [-0.2, 0) is 9.53 Å². The number of fused-ring (bicyclic) bond motifs is 1. The minimum absolute atomic E-state index is 0.0289. The summed E-state index contributed by atoms with van der Waals surface area (Å²) in [6.45, 7) is 7.19. The lowest BCUT2D eigenvalue weighted by molar-refractivity contribution is -0.186. The summed E-state index contributed by atoms with van der Waals surface area (Å²) in [7, 11) is 0. The summed E-state index contributed by atoms with van der Waals surface area (Å²) in [6, 6.07) is 0.526. The van der Waals surface area contributed by atoms with Gasteiger partial charge in [0.1, 0.15) is 6.10 Å². The molecule has 0 saturated carbocycles. The van der Waals surface area contributed by atoms with Crippen LogP contribution in [0.2, 0.25) is 0 Å². The van der Waals surface area contributed by atoms with Crippen LogP contribution in [0.1, 0.15) is 77.6 Å². The molecular weight excluding hydrogens is 408 g/mol. The number of nitrogens with zero attached hydrogens (tertiary/aromatic N) is 2. The molecule has 6 aliphatic rings. The minimum Gasteiger partial charge on any atom is -0.461 e. The molecule has 0 aromatic carbocycles. The fourth-order valence-corrected chi connectivity index (χ4v) is 8.02. The van der Waals surface area contributed by atoms with Gasteiger partial charge in [-0.2, -0.15) is 0 Å². The lowest BCUT2D eigenvalue weighted by atomic mass is 9.51. The lowest BCUT2D eigenvalue weighted by Gasteiger charge is -2.66. The molecule has 182 valence electrons. The standard InChI is InChI=1S/C29H44N2O2/c1-23(32)33-26-21-30-17-13-9-5-2-3-7-11-15-24-19-25-20-31-18-14-10-6-4-8-12-16-29(22-30,27(25)26)28(24)31/h2,4-5,8,19,25-28H,3,6-7,9-18,20-22H2,1H3/b5-2-,8-4-/t25-,26-,27-,28-,29-/m1/s1. The third kappa shape index (κ3) is 4.89. The second-order valence-electron chi connectivity index (χ2n) is 11.3. The Morgan fingerprint density at radius 1 is 0.939 bits per heavy atom. The van der Waals surface area contributed by atoms with Crippen LogP contribution in [0.25, 0.3) is 0 Å². The van der Waals surface area contributed by atoms with Crippen molar-refractivity contribution in [3.8, 4) is 0 Å². The monoisotopic (exact) mass is 452 g/mol. The second-order valence-corrected chi connectivity index (χ2v) is 11.3. The molecule has 0 N–H and O–H groups in total. The van der Waals surface area contributed by atoms with Crippen molar-refractivity contribution in [2.45, 2.75) is 89.7 Å². The molecule has 6 rings (SSSR count). The summed E-state index contributed by atoms with van der Waals surface area (Å²) < 4.78 is 6.16. The SMILES string of the molecule is CC(=O)O[C@@H]1CN2CCC/C=C\CCCCC3=C[C@@H]4CN5CCCC/C=C\CC[C@@](C2)([C@H]41)[C@@H]35. The number of hydrogen-bond donors (Lipinski definition) is 0. The van der Waals surface area contributed by atoms with Crippen molar-refractivity contribution < 1.29 is 9.53 Å². The predicted octanol–water partition coefficient (Wildman–Crippen LogP) is 5.51. The van der Waals surface area contributed by atoms with Gasteiger partial charge >= 0.3 is 5.97 Å². The van der Waals surface area contributed by atoms with Gasteiger partial charge in [-0.1, -0.05) is 36.0 Å². The molecule has 2 unspecified atom stereocenters. The zero-order valence-corrected chi connectivity index (χ0v) is 20.7. The average molecular weight is 453 g/mol. The van der Waals surface area contributed by atoms with Crippen LogP contribution < -0.4 is 0 Å². The molecule has 0 amide bonds. The maximum Gasteiger partial charge on any atom is 0.302 e. The van der Waals surface area contributed by atoms with Gasteiger partial charge in [0.2, 0.25) is 0 Å². The van der Waals surface area contributed by atoms with E-state index in [4.69, 9.17) is 4.74 Å². The first-order valence-corrected chi connectivity index (χ1v) is 13.8. The van der Waals surface area contributed by atoms with Crippen LogP contribution in [0.15, 0.2) is 36.0 Å².